The molecule has 1 atom stereocenters. The van der Waals surface area contributed by atoms with Gasteiger partial charge in [0.15, 0.2) is 0 Å². The predicted octanol–water partition coefficient (Wildman–Crippen LogP) is 2.43. The Labute approximate surface area is 147 Å². The smallest absolute Gasteiger partial charge is 0.142 e. The van der Waals surface area contributed by atoms with Crippen molar-refractivity contribution < 1.29 is 19.5 Å². The molecule has 2 rings (SSSR count). The lowest BCUT2D eigenvalue weighted by molar-refractivity contribution is -0.313. The maximum atomic E-state index is 11.3. The molecule has 0 saturated carbocycles. The van der Waals surface area contributed by atoms with Crippen molar-refractivity contribution in [3.63, 3.8) is 0 Å². The summed E-state index contributed by atoms with van der Waals surface area (Å²) in [6, 6.07) is 16.3. The van der Waals surface area contributed by atoms with Gasteiger partial charge in [0.25, 0.3) is 0 Å². The van der Waals surface area contributed by atoms with Gasteiger partial charge in [0.05, 0.1) is 12.2 Å². The van der Waals surface area contributed by atoms with Gasteiger partial charge in [-0.25, -0.2) is 0 Å². The van der Waals surface area contributed by atoms with Crippen molar-refractivity contribution >= 4 is 12.2 Å². The van der Waals surface area contributed by atoms with Gasteiger partial charge in [-0.3, -0.25) is 0 Å². The number of aliphatic carboxylic acids is 1. The molecule has 132 valence electrons. The number of carboxylic acid groups (broad SMARTS) is 1. The van der Waals surface area contributed by atoms with E-state index in [1.54, 1.807) is 30.5 Å². The first-order valence-corrected chi connectivity index (χ1v) is 8.21. The third kappa shape index (κ3) is 6.67. The number of ether oxygens (including phenoxy) is 1. The predicted molar refractivity (Wildman–Crippen MR) is 94.4 cm³/mol. The molecule has 5 nitrogen and oxygen atoms in total. The number of carbonyl (C=O) groups excluding carboxylic acids is 1. The summed E-state index contributed by atoms with van der Waals surface area (Å²) in [7, 11) is 0. The number of hydrogen-bond acceptors (Lipinski definition) is 5. The largest absolute Gasteiger partial charge is 0.546 e. The first-order valence-electron chi connectivity index (χ1n) is 8.21. The zero-order chi connectivity index (χ0) is 18.1. The average Bonchev–Trinajstić information content (AvgIpc) is 2.60. The Morgan fingerprint density at radius 3 is 2.40 bits per heavy atom. The number of rotatable bonds is 9. The zero-order valence-electron chi connectivity index (χ0n) is 14.4. The molecule has 0 aliphatic heterocycles. The van der Waals surface area contributed by atoms with E-state index < -0.39 is 12.1 Å². The van der Waals surface area contributed by atoms with Crippen LogP contribution in [0.3, 0.4) is 0 Å². The molecule has 0 fully saturated rings. The van der Waals surface area contributed by atoms with E-state index in [2.05, 4.69) is 5.16 Å². The fourth-order valence-corrected chi connectivity index (χ4v) is 2.09. The van der Waals surface area contributed by atoms with Crippen LogP contribution in [-0.2, 0) is 16.1 Å². The summed E-state index contributed by atoms with van der Waals surface area (Å²) in [6.45, 7) is 4.65. The lowest BCUT2D eigenvalue weighted by atomic mass is 10.1. The van der Waals surface area contributed by atoms with Gasteiger partial charge < -0.3 is 19.5 Å². The topological polar surface area (TPSA) is 71.0 Å². The molecule has 0 amide bonds. The minimum Gasteiger partial charge on any atom is -0.546 e. The number of oxime groups is 1. The Kier molecular flexibility index (Phi) is 7.01. The van der Waals surface area contributed by atoms with Crippen LogP contribution in [0.25, 0.3) is 0 Å². The van der Waals surface area contributed by atoms with Crippen LogP contribution in [0.5, 0.6) is 5.75 Å². The standard InChI is InChI=1S/C20H23NO4/c1-15(2)14-24-21-13-17-8-10-18(11-9-17)25-19(20(22)23)12-16-6-4-3-5-7-16/h3-11,13,15,19H,12,14H2,1-2H3,(H,22,23)/p-1/b21-13+. The van der Waals surface area contributed by atoms with Gasteiger partial charge in [-0.15, -0.1) is 0 Å². The van der Waals surface area contributed by atoms with Crippen molar-refractivity contribution in [3.8, 4) is 5.75 Å². The molecule has 0 radical (unpaired) electrons. The van der Waals surface area contributed by atoms with E-state index in [4.69, 9.17) is 9.57 Å². The molecule has 0 heterocycles. The van der Waals surface area contributed by atoms with Gasteiger partial charge in [0, 0.05) is 6.42 Å². The minimum absolute atomic E-state index is 0.245. The SMILES string of the molecule is CC(C)CO/N=C/c1ccc(OC(Cc2ccccc2)C(=O)[O-])cc1. The molecular formula is C20H22NO4-. The van der Waals surface area contributed by atoms with Gasteiger partial charge in [-0.1, -0.05) is 49.3 Å². The molecule has 0 aliphatic rings. The summed E-state index contributed by atoms with van der Waals surface area (Å²) in [4.78, 5) is 16.5. The molecule has 0 saturated heterocycles. The van der Waals surface area contributed by atoms with Gasteiger partial charge in [-0.2, -0.15) is 0 Å². The summed E-state index contributed by atoms with van der Waals surface area (Å²) in [5.41, 5.74) is 1.71. The highest BCUT2D eigenvalue weighted by Crippen LogP contribution is 2.15. The molecule has 0 aromatic heterocycles. The van der Waals surface area contributed by atoms with Gasteiger partial charge in [0.2, 0.25) is 0 Å². The van der Waals surface area contributed by atoms with Crippen molar-refractivity contribution in [1.82, 2.24) is 0 Å². The second-order valence-electron chi connectivity index (χ2n) is 6.11. The number of benzene rings is 2. The quantitative estimate of drug-likeness (QED) is 0.519. The Morgan fingerprint density at radius 1 is 1.12 bits per heavy atom. The van der Waals surface area contributed by atoms with Crippen LogP contribution >= 0.6 is 0 Å². The van der Waals surface area contributed by atoms with Crippen molar-refractivity contribution in [2.45, 2.75) is 26.4 Å². The summed E-state index contributed by atoms with van der Waals surface area (Å²) in [5, 5.41) is 15.2. The lowest BCUT2D eigenvalue weighted by Gasteiger charge is -2.20. The van der Waals surface area contributed by atoms with E-state index >= 15 is 0 Å². The Morgan fingerprint density at radius 2 is 1.80 bits per heavy atom. The minimum atomic E-state index is -1.24. The molecule has 0 spiro atoms. The molecule has 5 heteroatoms. The van der Waals surface area contributed by atoms with E-state index in [9.17, 15) is 9.90 Å². The van der Waals surface area contributed by atoms with E-state index in [-0.39, 0.29) is 6.42 Å². The maximum absolute atomic E-state index is 11.3. The number of carboxylic acids is 1. The van der Waals surface area contributed by atoms with Crippen molar-refractivity contribution in [2.24, 2.45) is 11.1 Å². The average molecular weight is 340 g/mol. The summed E-state index contributed by atoms with van der Waals surface area (Å²) in [6.07, 6.45) is 0.804. The van der Waals surface area contributed by atoms with Gasteiger partial charge in [-0.05, 0) is 41.3 Å². The van der Waals surface area contributed by atoms with Crippen LogP contribution in [0, 0.1) is 5.92 Å². The van der Waals surface area contributed by atoms with E-state index in [0.29, 0.717) is 18.3 Å². The van der Waals surface area contributed by atoms with Crippen LogP contribution in [0.1, 0.15) is 25.0 Å². The van der Waals surface area contributed by atoms with Crippen LogP contribution in [0.2, 0.25) is 0 Å². The fraction of sp³-hybridized carbons (Fsp3) is 0.300. The third-order valence-corrected chi connectivity index (χ3v) is 3.37. The first-order chi connectivity index (χ1) is 12.0. The maximum Gasteiger partial charge on any atom is 0.142 e. The van der Waals surface area contributed by atoms with E-state index in [1.807, 2.05) is 44.2 Å². The Hall–Kier alpha value is -2.82. The molecule has 0 aliphatic carbocycles. The van der Waals surface area contributed by atoms with E-state index in [0.717, 1.165) is 11.1 Å². The number of carbonyl (C=O) groups is 1. The van der Waals surface area contributed by atoms with Crippen LogP contribution in [0.4, 0.5) is 0 Å². The summed E-state index contributed by atoms with van der Waals surface area (Å²) >= 11 is 0. The molecule has 1 unspecified atom stereocenters. The highest BCUT2D eigenvalue weighted by molar-refractivity contribution is 5.79. The molecule has 0 N–H and O–H groups in total. The van der Waals surface area contributed by atoms with Gasteiger partial charge >= 0.3 is 0 Å². The second-order valence-corrected chi connectivity index (χ2v) is 6.11. The Bertz CT molecular complexity index is 681. The molecule has 2 aromatic rings. The highest BCUT2D eigenvalue weighted by Gasteiger charge is 2.13. The first kappa shape index (κ1) is 18.5. The summed E-state index contributed by atoms with van der Waals surface area (Å²) in [5.74, 6) is -0.360. The highest BCUT2D eigenvalue weighted by atomic mass is 16.6. The van der Waals surface area contributed by atoms with E-state index in [1.165, 1.54) is 0 Å². The monoisotopic (exact) mass is 340 g/mol. The molecular weight excluding hydrogens is 318 g/mol. The van der Waals surface area contributed by atoms with Crippen LogP contribution in [-0.4, -0.2) is 24.9 Å². The normalized spacial score (nSPS) is 12.3. The van der Waals surface area contributed by atoms with Crippen molar-refractivity contribution in [3.05, 3.63) is 65.7 Å². The Balaban J connectivity index is 1.94. The molecule has 0 bridgehead atoms. The van der Waals surface area contributed by atoms with Crippen LogP contribution < -0.4 is 9.84 Å². The summed E-state index contributed by atoms with van der Waals surface area (Å²) < 4.78 is 5.55. The fourth-order valence-electron chi connectivity index (χ4n) is 2.09. The number of hydrogen-bond donors (Lipinski definition) is 0. The van der Waals surface area contributed by atoms with Crippen LogP contribution in [0.15, 0.2) is 59.8 Å². The lowest BCUT2D eigenvalue weighted by Crippen LogP contribution is -2.41. The number of nitrogens with zero attached hydrogens (tertiary/aromatic N) is 1. The third-order valence-electron chi connectivity index (χ3n) is 3.37. The van der Waals surface area contributed by atoms with Gasteiger partial charge in [0.1, 0.15) is 18.5 Å². The molecule has 25 heavy (non-hydrogen) atoms. The zero-order valence-corrected chi connectivity index (χ0v) is 14.4. The molecule has 2 aromatic carbocycles. The van der Waals surface area contributed by atoms with Crippen molar-refractivity contribution in [1.29, 1.82) is 0 Å². The van der Waals surface area contributed by atoms with Crippen molar-refractivity contribution in [2.75, 3.05) is 6.61 Å². The second kappa shape index (κ2) is 9.47.